The average molecular weight is 255 g/mol. The summed E-state index contributed by atoms with van der Waals surface area (Å²) in [5.41, 5.74) is 2.70. The standard InChI is InChI=1S/C15H10FNO2/c16-12-5-3-9(4-6-12)10-1-2-11-8-14(15(18)19)17-13(11)7-10/h1-8,17H,(H,18,19). The molecule has 0 radical (unpaired) electrons. The van der Waals surface area contributed by atoms with E-state index in [4.69, 9.17) is 5.11 Å². The second-order valence-corrected chi connectivity index (χ2v) is 4.30. The number of rotatable bonds is 2. The first-order chi connectivity index (χ1) is 9.13. The van der Waals surface area contributed by atoms with Crippen molar-refractivity contribution < 1.29 is 14.3 Å². The zero-order valence-corrected chi connectivity index (χ0v) is 9.85. The Bertz CT molecular complexity index is 759. The van der Waals surface area contributed by atoms with Gasteiger partial charge in [-0.3, -0.25) is 0 Å². The van der Waals surface area contributed by atoms with Gasteiger partial charge in [-0.05, 0) is 35.4 Å². The van der Waals surface area contributed by atoms with Gasteiger partial charge in [-0.2, -0.15) is 0 Å². The van der Waals surface area contributed by atoms with Crippen LogP contribution in [0.15, 0.2) is 48.5 Å². The fourth-order valence-corrected chi connectivity index (χ4v) is 2.06. The SMILES string of the molecule is O=C(O)c1cc2ccc(-c3ccc(F)cc3)cc2[nH]1. The maximum Gasteiger partial charge on any atom is 0.352 e. The molecule has 1 aromatic heterocycles. The number of aromatic nitrogens is 1. The number of carboxylic acid groups (broad SMARTS) is 1. The minimum Gasteiger partial charge on any atom is -0.477 e. The van der Waals surface area contributed by atoms with E-state index in [9.17, 15) is 9.18 Å². The van der Waals surface area contributed by atoms with Crippen molar-refractivity contribution >= 4 is 16.9 Å². The molecule has 0 unspecified atom stereocenters. The number of benzene rings is 2. The highest BCUT2D eigenvalue weighted by molar-refractivity contribution is 5.95. The minimum atomic E-state index is -0.987. The maximum absolute atomic E-state index is 12.9. The fourth-order valence-electron chi connectivity index (χ4n) is 2.06. The zero-order valence-electron chi connectivity index (χ0n) is 9.85. The number of halogens is 1. The van der Waals surface area contributed by atoms with Crippen molar-refractivity contribution in [3.05, 3.63) is 60.0 Å². The Hall–Kier alpha value is -2.62. The molecule has 0 saturated heterocycles. The minimum absolute atomic E-state index is 0.159. The largest absolute Gasteiger partial charge is 0.477 e. The Balaban J connectivity index is 2.10. The van der Waals surface area contributed by atoms with E-state index in [1.165, 1.54) is 12.1 Å². The van der Waals surface area contributed by atoms with Gasteiger partial charge < -0.3 is 10.1 Å². The van der Waals surface area contributed by atoms with Gasteiger partial charge in [0, 0.05) is 10.9 Å². The van der Waals surface area contributed by atoms with Crippen molar-refractivity contribution in [3.8, 4) is 11.1 Å². The van der Waals surface area contributed by atoms with Gasteiger partial charge in [0.25, 0.3) is 0 Å². The van der Waals surface area contributed by atoms with Crippen LogP contribution in [0.4, 0.5) is 4.39 Å². The lowest BCUT2D eigenvalue weighted by Crippen LogP contribution is -1.94. The van der Waals surface area contributed by atoms with Crippen LogP contribution in [-0.2, 0) is 0 Å². The molecule has 3 rings (SSSR count). The first-order valence-electron chi connectivity index (χ1n) is 5.75. The van der Waals surface area contributed by atoms with E-state index in [0.717, 1.165) is 22.0 Å². The number of hydrogen-bond donors (Lipinski definition) is 2. The molecule has 3 nitrogen and oxygen atoms in total. The van der Waals surface area contributed by atoms with Crippen LogP contribution in [0.3, 0.4) is 0 Å². The van der Waals surface area contributed by atoms with Gasteiger partial charge >= 0.3 is 5.97 Å². The van der Waals surface area contributed by atoms with E-state index in [-0.39, 0.29) is 11.5 Å². The number of aromatic amines is 1. The highest BCUT2D eigenvalue weighted by Gasteiger charge is 2.08. The Morgan fingerprint density at radius 2 is 1.68 bits per heavy atom. The smallest absolute Gasteiger partial charge is 0.352 e. The quantitative estimate of drug-likeness (QED) is 0.734. The van der Waals surface area contributed by atoms with Crippen LogP contribution < -0.4 is 0 Å². The second-order valence-electron chi connectivity index (χ2n) is 4.30. The van der Waals surface area contributed by atoms with Crippen molar-refractivity contribution in [3.63, 3.8) is 0 Å². The molecule has 0 spiro atoms. The highest BCUT2D eigenvalue weighted by Crippen LogP contribution is 2.25. The number of aromatic carboxylic acids is 1. The molecule has 1 heterocycles. The van der Waals surface area contributed by atoms with E-state index in [1.54, 1.807) is 18.2 Å². The molecule has 0 fully saturated rings. The van der Waals surface area contributed by atoms with Crippen LogP contribution in [0.1, 0.15) is 10.5 Å². The first-order valence-corrected chi connectivity index (χ1v) is 5.75. The van der Waals surface area contributed by atoms with Gasteiger partial charge in [0.05, 0.1) is 0 Å². The number of nitrogens with one attached hydrogen (secondary N) is 1. The van der Waals surface area contributed by atoms with Crippen molar-refractivity contribution in [2.45, 2.75) is 0 Å². The van der Waals surface area contributed by atoms with Crippen LogP contribution in [0, 0.1) is 5.82 Å². The Labute approximate surface area is 108 Å². The molecule has 94 valence electrons. The highest BCUT2D eigenvalue weighted by atomic mass is 19.1. The summed E-state index contributed by atoms with van der Waals surface area (Å²) < 4.78 is 12.9. The lowest BCUT2D eigenvalue weighted by atomic mass is 10.0. The number of carbonyl (C=O) groups is 1. The summed E-state index contributed by atoms with van der Waals surface area (Å²) in [6.45, 7) is 0. The topological polar surface area (TPSA) is 53.1 Å². The maximum atomic E-state index is 12.9. The Morgan fingerprint density at radius 3 is 2.37 bits per heavy atom. The summed E-state index contributed by atoms with van der Waals surface area (Å²) in [5.74, 6) is -1.27. The number of carboxylic acids is 1. The van der Waals surface area contributed by atoms with Gasteiger partial charge in [-0.15, -0.1) is 0 Å². The summed E-state index contributed by atoms with van der Waals surface area (Å²) >= 11 is 0. The molecule has 3 aromatic rings. The van der Waals surface area contributed by atoms with E-state index in [1.807, 2.05) is 18.2 Å². The molecule has 0 aliphatic carbocycles. The molecule has 0 amide bonds. The van der Waals surface area contributed by atoms with E-state index >= 15 is 0 Å². The summed E-state index contributed by atoms with van der Waals surface area (Å²) in [6, 6.07) is 13.4. The van der Waals surface area contributed by atoms with Crippen LogP contribution in [0.5, 0.6) is 0 Å². The predicted molar refractivity (Wildman–Crippen MR) is 70.7 cm³/mol. The number of H-pyrrole nitrogens is 1. The third kappa shape index (κ3) is 2.08. The lowest BCUT2D eigenvalue weighted by molar-refractivity contribution is 0.0691. The summed E-state index contributed by atoms with van der Waals surface area (Å²) in [5, 5.41) is 9.77. The summed E-state index contributed by atoms with van der Waals surface area (Å²) in [6.07, 6.45) is 0. The molecule has 0 aliphatic heterocycles. The summed E-state index contributed by atoms with van der Waals surface area (Å²) in [7, 11) is 0. The fraction of sp³-hybridized carbons (Fsp3) is 0. The van der Waals surface area contributed by atoms with Gasteiger partial charge in [0.15, 0.2) is 0 Å². The van der Waals surface area contributed by atoms with Gasteiger partial charge in [-0.25, -0.2) is 9.18 Å². The molecule has 19 heavy (non-hydrogen) atoms. The normalized spacial score (nSPS) is 10.8. The lowest BCUT2D eigenvalue weighted by Gasteiger charge is -2.01. The predicted octanol–water partition coefficient (Wildman–Crippen LogP) is 3.67. The van der Waals surface area contributed by atoms with Crippen LogP contribution in [0.25, 0.3) is 22.0 Å². The van der Waals surface area contributed by atoms with Crippen LogP contribution in [0.2, 0.25) is 0 Å². The number of hydrogen-bond acceptors (Lipinski definition) is 1. The average Bonchev–Trinajstić information content (AvgIpc) is 2.82. The Kier molecular flexibility index (Phi) is 2.56. The number of fused-ring (bicyclic) bond motifs is 1. The molecule has 0 atom stereocenters. The van der Waals surface area contributed by atoms with Gasteiger partial charge in [-0.1, -0.05) is 24.3 Å². The Morgan fingerprint density at radius 1 is 1.00 bits per heavy atom. The molecule has 4 heteroatoms. The van der Waals surface area contributed by atoms with Crippen molar-refractivity contribution in [1.82, 2.24) is 4.98 Å². The third-order valence-corrected chi connectivity index (χ3v) is 3.03. The van der Waals surface area contributed by atoms with Crippen LogP contribution in [-0.4, -0.2) is 16.1 Å². The second kappa shape index (κ2) is 4.24. The van der Waals surface area contributed by atoms with Crippen molar-refractivity contribution in [2.75, 3.05) is 0 Å². The molecule has 0 bridgehead atoms. The monoisotopic (exact) mass is 255 g/mol. The third-order valence-electron chi connectivity index (χ3n) is 3.03. The first kappa shape index (κ1) is 11.5. The van der Waals surface area contributed by atoms with Crippen molar-refractivity contribution in [1.29, 1.82) is 0 Å². The van der Waals surface area contributed by atoms with Gasteiger partial charge in [0.1, 0.15) is 11.5 Å². The zero-order chi connectivity index (χ0) is 13.4. The van der Waals surface area contributed by atoms with E-state index in [0.29, 0.717) is 0 Å². The molecule has 2 aromatic carbocycles. The molecule has 0 aliphatic rings. The molecular weight excluding hydrogens is 245 g/mol. The summed E-state index contributed by atoms with van der Waals surface area (Å²) in [4.78, 5) is 13.7. The molecule has 2 N–H and O–H groups in total. The molecule has 0 saturated carbocycles. The van der Waals surface area contributed by atoms with Crippen molar-refractivity contribution in [2.24, 2.45) is 0 Å². The molecular formula is C15H10FNO2. The van der Waals surface area contributed by atoms with E-state index in [2.05, 4.69) is 4.98 Å². The van der Waals surface area contributed by atoms with E-state index < -0.39 is 5.97 Å². The van der Waals surface area contributed by atoms with Crippen LogP contribution >= 0.6 is 0 Å². The van der Waals surface area contributed by atoms with Gasteiger partial charge in [0.2, 0.25) is 0 Å².